The number of amides is 2. The van der Waals surface area contributed by atoms with E-state index in [1.165, 1.54) is 16.2 Å². The monoisotopic (exact) mass is 392 g/mol. The van der Waals surface area contributed by atoms with Gasteiger partial charge < -0.3 is 10.2 Å². The zero-order valence-corrected chi connectivity index (χ0v) is 16.3. The molecule has 2 amide bonds. The zero-order valence-electron chi connectivity index (χ0n) is 14.8. The second-order valence-electron chi connectivity index (χ2n) is 5.84. The minimum Gasteiger partial charge on any atom is -0.336 e. The number of nitrogens with one attached hydrogen (secondary N) is 1. The second-order valence-corrected chi connectivity index (χ2v) is 7.55. The summed E-state index contributed by atoms with van der Waals surface area (Å²) in [6.07, 6.45) is 0.962. The Morgan fingerprint density at radius 1 is 1.12 bits per heavy atom. The average molecular weight is 393 g/mol. The largest absolute Gasteiger partial charge is 0.336 e. The summed E-state index contributed by atoms with van der Waals surface area (Å²) in [4.78, 5) is 38.2. The van der Waals surface area contributed by atoms with Crippen LogP contribution in [0.4, 0.5) is 5.69 Å². The van der Waals surface area contributed by atoms with Gasteiger partial charge in [0.15, 0.2) is 5.78 Å². The molecule has 0 aliphatic carbocycles. The van der Waals surface area contributed by atoms with Gasteiger partial charge in [-0.1, -0.05) is 36.7 Å². The van der Waals surface area contributed by atoms with Gasteiger partial charge in [-0.3, -0.25) is 14.4 Å². The van der Waals surface area contributed by atoms with Gasteiger partial charge >= 0.3 is 0 Å². The maximum atomic E-state index is 12.2. The van der Waals surface area contributed by atoms with E-state index in [0.29, 0.717) is 9.21 Å². The maximum Gasteiger partial charge on any atom is 0.243 e. The minimum absolute atomic E-state index is 0.0592. The molecule has 0 atom stereocenters. The van der Waals surface area contributed by atoms with E-state index in [1.807, 2.05) is 31.2 Å². The van der Waals surface area contributed by atoms with Crippen LogP contribution >= 0.6 is 22.9 Å². The van der Waals surface area contributed by atoms with E-state index in [9.17, 15) is 14.4 Å². The molecule has 0 aliphatic heterocycles. The van der Waals surface area contributed by atoms with Gasteiger partial charge in [-0.25, -0.2) is 0 Å². The highest BCUT2D eigenvalue weighted by atomic mass is 35.5. The summed E-state index contributed by atoms with van der Waals surface area (Å²) >= 11 is 7.01. The van der Waals surface area contributed by atoms with Gasteiger partial charge in [-0.15, -0.1) is 11.3 Å². The van der Waals surface area contributed by atoms with Crippen LogP contribution in [0.1, 0.15) is 35.0 Å². The van der Waals surface area contributed by atoms with Crippen molar-refractivity contribution in [2.75, 3.05) is 18.9 Å². The summed E-state index contributed by atoms with van der Waals surface area (Å²) in [5.41, 5.74) is 1.79. The van der Waals surface area contributed by atoms with Crippen LogP contribution in [0.25, 0.3) is 0 Å². The predicted molar refractivity (Wildman–Crippen MR) is 105 cm³/mol. The molecule has 0 saturated carbocycles. The number of para-hydroxylation sites is 1. The standard InChI is InChI=1S/C19H21ClN2O3S/c1-3-13-6-4-5-7-14(13)21-18(24)12-22(2)19(25)11-8-15(23)16-9-10-17(20)26-16/h4-7,9-10H,3,8,11-12H2,1-2H3,(H,21,24). The van der Waals surface area contributed by atoms with Gasteiger partial charge in [0.2, 0.25) is 11.8 Å². The third-order valence-electron chi connectivity index (χ3n) is 3.89. The van der Waals surface area contributed by atoms with Crippen LogP contribution in [0.3, 0.4) is 0 Å². The number of rotatable bonds is 8. The van der Waals surface area contributed by atoms with Crippen molar-refractivity contribution in [3.8, 4) is 0 Å². The lowest BCUT2D eigenvalue weighted by Gasteiger charge is -2.17. The number of Topliss-reactive ketones (excluding diaryl/α,β-unsaturated/α-hetero) is 1. The lowest BCUT2D eigenvalue weighted by Crippen LogP contribution is -2.35. The third kappa shape index (κ3) is 5.68. The van der Waals surface area contributed by atoms with E-state index in [4.69, 9.17) is 11.6 Å². The fourth-order valence-corrected chi connectivity index (χ4v) is 3.45. The van der Waals surface area contributed by atoms with Gasteiger partial charge in [0, 0.05) is 25.6 Å². The summed E-state index contributed by atoms with van der Waals surface area (Å²) in [6, 6.07) is 10.9. The number of nitrogens with zero attached hydrogens (tertiary/aromatic N) is 1. The summed E-state index contributed by atoms with van der Waals surface area (Å²) in [5.74, 6) is -0.636. The molecule has 2 aromatic rings. The number of benzene rings is 1. The molecule has 1 aromatic heterocycles. The van der Waals surface area contributed by atoms with Gasteiger partial charge in [0.1, 0.15) is 0 Å². The lowest BCUT2D eigenvalue weighted by atomic mass is 10.1. The van der Waals surface area contributed by atoms with Crippen molar-refractivity contribution in [2.24, 2.45) is 0 Å². The van der Waals surface area contributed by atoms with E-state index in [1.54, 1.807) is 19.2 Å². The quantitative estimate of drug-likeness (QED) is 0.690. The maximum absolute atomic E-state index is 12.2. The molecule has 0 fully saturated rings. The molecule has 1 N–H and O–H groups in total. The smallest absolute Gasteiger partial charge is 0.243 e. The Kier molecular flexibility index (Phi) is 7.36. The first-order valence-corrected chi connectivity index (χ1v) is 9.50. The normalized spacial score (nSPS) is 10.4. The second kappa shape index (κ2) is 9.50. The van der Waals surface area contributed by atoms with Crippen LogP contribution in [-0.4, -0.2) is 36.1 Å². The minimum atomic E-state index is -0.266. The summed E-state index contributed by atoms with van der Waals surface area (Å²) < 4.78 is 0.542. The van der Waals surface area contributed by atoms with E-state index < -0.39 is 0 Å². The molecule has 0 radical (unpaired) electrons. The molecule has 0 aliphatic rings. The van der Waals surface area contributed by atoms with E-state index in [0.717, 1.165) is 17.7 Å². The van der Waals surface area contributed by atoms with Crippen molar-refractivity contribution < 1.29 is 14.4 Å². The highest BCUT2D eigenvalue weighted by molar-refractivity contribution is 7.18. The van der Waals surface area contributed by atoms with Crippen LogP contribution in [0.2, 0.25) is 4.34 Å². The zero-order chi connectivity index (χ0) is 19.1. The van der Waals surface area contributed by atoms with Crippen molar-refractivity contribution in [3.63, 3.8) is 0 Å². The number of carbonyl (C=O) groups is 3. The van der Waals surface area contributed by atoms with Gasteiger partial charge in [0.05, 0.1) is 15.8 Å². The van der Waals surface area contributed by atoms with Crippen LogP contribution in [-0.2, 0) is 16.0 Å². The third-order valence-corrected chi connectivity index (χ3v) is 5.17. The number of aryl methyl sites for hydroxylation is 1. The van der Waals surface area contributed by atoms with Crippen LogP contribution in [0.5, 0.6) is 0 Å². The first-order chi connectivity index (χ1) is 12.4. The summed E-state index contributed by atoms with van der Waals surface area (Å²) in [5, 5.41) is 2.83. The molecule has 1 aromatic carbocycles. The number of hydrogen-bond acceptors (Lipinski definition) is 4. The van der Waals surface area contributed by atoms with Crippen molar-refractivity contribution >= 4 is 46.2 Å². The number of carbonyl (C=O) groups excluding carboxylic acids is 3. The summed E-state index contributed by atoms with van der Waals surface area (Å²) in [7, 11) is 1.56. The molecule has 26 heavy (non-hydrogen) atoms. The number of likely N-dealkylation sites (N-methyl/N-ethyl adjacent to an activating group) is 1. The van der Waals surface area contributed by atoms with Crippen molar-refractivity contribution in [1.82, 2.24) is 4.90 Å². The Balaban J connectivity index is 1.82. The van der Waals surface area contributed by atoms with Crippen LogP contribution in [0.15, 0.2) is 36.4 Å². The first-order valence-electron chi connectivity index (χ1n) is 8.31. The number of hydrogen-bond donors (Lipinski definition) is 1. The Morgan fingerprint density at radius 2 is 1.85 bits per heavy atom. The van der Waals surface area contributed by atoms with Gasteiger partial charge in [-0.05, 0) is 30.2 Å². The molecule has 0 bridgehead atoms. The number of thiophene rings is 1. The van der Waals surface area contributed by atoms with Crippen molar-refractivity contribution in [1.29, 1.82) is 0 Å². The van der Waals surface area contributed by atoms with Crippen molar-refractivity contribution in [2.45, 2.75) is 26.2 Å². The van der Waals surface area contributed by atoms with Gasteiger partial charge in [-0.2, -0.15) is 0 Å². The molecule has 0 unspecified atom stereocenters. The molecule has 5 nitrogen and oxygen atoms in total. The van der Waals surface area contributed by atoms with Crippen molar-refractivity contribution in [3.05, 3.63) is 51.2 Å². The summed E-state index contributed by atoms with van der Waals surface area (Å²) in [6.45, 7) is 1.95. The number of ketones is 1. The fraction of sp³-hybridized carbons (Fsp3) is 0.316. The molecule has 138 valence electrons. The molecule has 0 spiro atoms. The average Bonchev–Trinajstić information content (AvgIpc) is 3.06. The van der Waals surface area contributed by atoms with E-state index >= 15 is 0 Å². The molecule has 0 saturated heterocycles. The molecule has 2 rings (SSSR count). The Labute approximate surface area is 162 Å². The lowest BCUT2D eigenvalue weighted by molar-refractivity contribution is -0.133. The van der Waals surface area contributed by atoms with Crippen LogP contribution < -0.4 is 5.32 Å². The topological polar surface area (TPSA) is 66.5 Å². The Hall–Kier alpha value is -2.18. The molecular formula is C19H21ClN2O3S. The van der Waals surface area contributed by atoms with Gasteiger partial charge in [0.25, 0.3) is 0 Å². The highest BCUT2D eigenvalue weighted by Gasteiger charge is 2.16. The first kappa shape index (κ1) is 20.1. The Bertz CT molecular complexity index is 804. The molecule has 1 heterocycles. The Morgan fingerprint density at radius 3 is 2.50 bits per heavy atom. The van der Waals surface area contributed by atoms with Crippen LogP contribution in [0, 0.1) is 0 Å². The number of halogens is 1. The predicted octanol–water partition coefficient (Wildman–Crippen LogP) is 4.02. The highest BCUT2D eigenvalue weighted by Crippen LogP contribution is 2.23. The van der Waals surface area contributed by atoms with E-state index in [-0.39, 0.29) is 37.0 Å². The fourth-order valence-electron chi connectivity index (χ4n) is 2.44. The number of anilines is 1. The van der Waals surface area contributed by atoms with E-state index in [2.05, 4.69) is 5.32 Å². The SMILES string of the molecule is CCc1ccccc1NC(=O)CN(C)C(=O)CCC(=O)c1ccc(Cl)s1. The molecular weight excluding hydrogens is 372 g/mol. The molecule has 7 heteroatoms.